The van der Waals surface area contributed by atoms with Gasteiger partial charge in [0.2, 0.25) is 15.9 Å². The van der Waals surface area contributed by atoms with Gasteiger partial charge in [0, 0.05) is 10.6 Å². The van der Waals surface area contributed by atoms with Crippen LogP contribution in [-0.2, 0) is 14.8 Å². The molecule has 5 nitrogen and oxygen atoms in total. The summed E-state index contributed by atoms with van der Waals surface area (Å²) in [4.78, 5) is 13.4. The molecule has 0 aliphatic heterocycles. The Morgan fingerprint density at radius 1 is 1.00 bits per heavy atom. The molecule has 0 unspecified atom stereocenters. The normalized spacial score (nSPS) is 12.7. The third-order valence-electron chi connectivity index (χ3n) is 3.83. The molecule has 3 rings (SSSR count). The number of primary sulfonamides is 1. The summed E-state index contributed by atoms with van der Waals surface area (Å²) < 4.78 is 22.8. The van der Waals surface area contributed by atoms with E-state index >= 15 is 0 Å². The minimum Gasteiger partial charge on any atom is -0.325 e. The van der Waals surface area contributed by atoms with Gasteiger partial charge < -0.3 is 5.32 Å². The lowest BCUT2D eigenvalue weighted by Crippen LogP contribution is -2.22. The molecule has 0 saturated carbocycles. The number of nitrogens with two attached hydrogens (primary N) is 1. The van der Waals surface area contributed by atoms with Gasteiger partial charge in [-0.1, -0.05) is 36.4 Å². The molecule has 1 amide bonds. The Morgan fingerprint density at radius 3 is 2.46 bits per heavy atom. The molecule has 0 bridgehead atoms. The zero-order valence-corrected chi connectivity index (χ0v) is 15.7. The molecule has 134 valence electrons. The highest BCUT2D eigenvalue weighted by molar-refractivity contribution is 8.00. The highest BCUT2D eigenvalue weighted by Gasteiger charge is 2.16. The maximum Gasteiger partial charge on any atom is 0.238 e. The molecule has 3 N–H and O–H groups in total. The summed E-state index contributed by atoms with van der Waals surface area (Å²) in [5.74, 6) is -0.213. The van der Waals surface area contributed by atoms with Crippen molar-refractivity contribution < 1.29 is 13.2 Å². The minimum absolute atomic E-state index is 0.0369. The number of amides is 1. The molecule has 0 aliphatic rings. The number of carbonyl (C=O) groups excluding carboxylic acids is 1. The van der Waals surface area contributed by atoms with Gasteiger partial charge in [-0.2, -0.15) is 0 Å². The average Bonchev–Trinajstić information content (AvgIpc) is 2.61. The van der Waals surface area contributed by atoms with E-state index in [0.717, 1.165) is 15.7 Å². The first-order chi connectivity index (χ1) is 12.3. The molecule has 26 heavy (non-hydrogen) atoms. The van der Waals surface area contributed by atoms with Crippen LogP contribution in [-0.4, -0.2) is 19.6 Å². The molecule has 0 radical (unpaired) electrons. The average molecular weight is 386 g/mol. The molecule has 3 aromatic carbocycles. The molecule has 0 spiro atoms. The van der Waals surface area contributed by atoms with Crippen molar-refractivity contribution >= 4 is 44.2 Å². The molecule has 0 heterocycles. The number of thioether (sulfide) groups is 1. The number of sulfonamides is 1. The third-order valence-corrected chi connectivity index (χ3v) is 5.84. The second-order valence-electron chi connectivity index (χ2n) is 5.83. The Labute approximate surface area is 156 Å². The fraction of sp³-hybridized carbons (Fsp3) is 0.105. The number of nitrogens with one attached hydrogen (secondary N) is 1. The zero-order chi connectivity index (χ0) is 18.7. The first-order valence-corrected chi connectivity index (χ1v) is 10.3. The largest absolute Gasteiger partial charge is 0.325 e. The summed E-state index contributed by atoms with van der Waals surface area (Å²) >= 11 is 1.44. The molecule has 1 atom stereocenters. The number of hydrogen-bond donors (Lipinski definition) is 2. The van der Waals surface area contributed by atoms with Crippen LogP contribution in [0.15, 0.2) is 76.5 Å². The molecule has 0 fully saturated rings. The third kappa shape index (κ3) is 4.43. The number of benzene rings is 3. The van der Waals surface area contributed by atoms with Gasteiger partial charge in [0.1, 0.15) is 0 Å². The van der Waals surface area contributed by atoms with E-state index in [2.05, 4.69) is 5.32 Å². The lowest BCUT2D eigenvalue weighted by atomic mass is 10.1. The van der Waals surface area contributed by atoms with Crippen molar-refractivity contribution in [3.05, 3.63) is 66.7 Å². The zero-order valence-electron chi connectivity index (χ0n) is 14.0. The number of carbonyl (C=O) groups is 1. The van der Waals surface area contributed by atoms with Gasteiger partial charge in [-0.25, -0.2) is 13.6 Å². The molecule has 0 saturated heterocycles. The van der Waals surface area contributed by atoms with Crippen molar-refractivity contribution in [2.75, 3.05) is 5.32 Å². The minimum atomic E-state index is -3.81. The monoisotopic (exact) mass is 386 g/mol. The standard InChI is InChI=1S/C19H18N2O3S2/c1-13(25-17-10-9-14-5-2-3-6-15(14)11-17)19(22)21-16-7-4-8-18(12-16)26(20,23)24/h2-13H,1H3,(H,21,22)(H2,20,23,24)/t13-/m0/s1. The molecular formula is C19H18N2O3S2. The topological polar surface area (TPSA) is 89.3 Å². The Bertz CT molecular complexity index is 1070. The summed E-state index contributed by atoms with van der Waals surface area (Å²) in [5.41, 5.74) is 0.396. The maximum absolute atomic E-state index is 12.4. The van der Waals surface area contributed by atoms with Crippen LogP contribution in [0.4, 0.5) is 5.69 Å². The van der Waals surface area contributed by atoms with Crippen LogP contribution < -0.4 is 10.5 Å². The van der Waals surface area contributed by atoms with Crippen molar-refractivity contribution in [3.63, 3.8) is 0 Å². The van der Waals surface area contributed by atoms with E-state index in [-0.39, 0.29) is 16.1 Å². The van der Waals surface area contributed by atoms with Crippen molar-refractivity contribution in [2.45, 2.75) is 22.0 Å². The lowest BCUT2D eigenvalue weighted by molar-refractivity contribution is -0.115. The van der Waals surface area contributed by atoms with Gasteiger partial charge in [-0.3, -0.25) is 4.79 Å². The summed E-state index contributed by atoms with van der Waals surface area (Å²) in [6.07, 6.45) is 0. The number of rotatable bonds is 5. The predicted molar refractivity (Wildman–Crippen MR) is 106 cm³/mol. The molecule has 0 aromatic heterocycles. The Balaban J connectivity index is 1.71. The van der Waals surface area contributed by atoms with Gasteiger partial charge in [-0.15, -0.1) is 11.8 Å². The summed E-state index contributed by atoms with van der Waals surface area (Å²) in [7, 11) is -3.81. The van der Waals surface area contributed by atoms with E-state index in [1.165, 1.54) is 30.0 Å². The summed E-state index contributed by atoms with van der Waals surface area (Å²) in [6, 6.07) is 20.0. The summed E-state index contributed by atoms with van der Waals surface area (Å²) in [6.45, 7) is 1.80. The van der Waals surface area contributed by atoms with Gasteiger partial charge >= 0.3 is 0 Å². The fourth-order valence-electron chi connectivity index (χ4n) is 2.49. The number of fused-ring (bicyclic) bond motifs is 1. The molecule has 3 aromatic rings. The van der Waals surface area contributed by atoms with Crippen molar-refractivity contribution in [2.24, 2.45) is 5.14 Å². The quantitative estimate of drug-likeness (QED) is 0.656. The van der Waals surface area contributed by atoms with Crippen molar-refractivity contribution in [1.29, 1.82) is 0 Å². The van der Waals surface area contributed by atoms with Crippen LogP contribution in [0.1, 0.15) is 6.92 Å². The highest BCUT2D eigenvalue weighted by atomic mass is 32.2. The van der Waals surface area contributed by atoms with Gasteiger partial charge in [0.15, 0.2) is 0 Å². The predicted octanol–water partition coefficient (Wildman–Crippen LogP) is 3.61. The van der Waals surface area contributed by atoms with Crippen LogP contribution in [0.25, 0.3) is 10.8 Å². The maximum atomic E-state index is 12.4. The van der Waals surface area contributed by atoms with E-state index in [1.54, 1.807) is 13.0 Å². The Hall–Kier alpha value is -2.35. The van der Waals surface area contributed by atoms with Gasteiger partial charge in [0.05, 0.1) is 10.1 Å². The number of hydrogen-bond acceptors (Lipinski definition) is 4. The molecule has 7 heteroatoms. The van der Waals surface area contributed by atoms with Gasteiger partial charge in [-0.05, 0) is 48.0 Å². The van der Waals surface area contributed by atoms with E-state index < -0.39 is 10.0 Å². The first-order valence-electron chi connectivity index (χ1n) is 7.92. The van der Waals surface area contributed by atoms with Crippen LogP contribution in [0.3, 0.4) is 0 Å². The SMILES string of the molecule is C[C@H](Sc1ccc2ccccc2c1)C(=O)Nc1cccc(S(N)(=O)=O)c1. The lowest BCUT2D eigenvalue weighted by Gasteiger charge is -2.13. The second kappa shape index (κ2) is 7.49. The smallest absolute Gasteiger partial charge is 0.238 e. The van der Waals surface area contributed by atoms with E-state index in [4.69, 9.17) is 5.14 Å². The van der Waals surface area contributed by atoms with E-state index in [1.807, 2.05) is 42.5 Å². The van der Waals surface area contributed by atoms with Crippen LogP contribution in [0, 0.1) is 0 Å². The Kier molecular flexibility index (Phi) is 5.31. The van der Waals surface area contributed by atoms with Crippen LogP contribution >= 0.6 is 11.8 Å². The molecule has 0 aliphatic carbocycles. The van der Waals surface area contributed by atoms with E-state index in [9.17, 15) is 13.2 Å². The molecular weight excluding hydrogens is 368 g/mol. The van der Waals surface area contributed by atoms with Gasteiger partial charge in [0.25, 0.3) is 0 Å². The fourth-order valence-corrected chi connectivity index (χ4v) is 3.97. The van der Waals surface area contributed by atoms with Crippen LogP contribution in [0.2, 0.25) is 0 Å². The van der Waals surface area contributed by atoms with Crippen molar-refractivity contribution in [1.82, 2.24) is 0 Å². The number of anilines is 1. The van der Waals surface area contributed by atoms with E-state index in [0.29, 0.717) is 5.69 Å². The van der Waals surface area contributed by atoms with Crippen LogP contribution in [0.5, 0.6) is 0 Å². The summed E-state index contributed by atoms with van der Waals surface area (Å²) in [5, 5.41) is 9.76. The first kappa shape index (κ1) is 18.4. The Morgan fingerprint density at radius 2 is 1.73 bits per heavy atom. The van der Waals surface area contributed by atoms with Crippen molar-refractivity contribution in [3.8, 4) is 0 Å². The second-order valence-corrected chi connectivity index (χ2v) is 8.81. The highest BCUT2D eigenvalue weighted by Crippen LogP contribution is 2.27.